The fourth-order valence-corrected chi connectivity index (χ4v) is 2.84. The first kappa shape index (κ1) is 14.9. The third kappa shape index (κ3) is 3.16. The number of carboxylic acids is 1. The highest BCUT2D eigenvalue weighted by molar-refractivity contribution is 5.71. The quantitative estimate of drug-likeness (QED) is 0.861. The van der Waals surface area contributed by atoms with E-state index in [1.807, 2.05) is 12.1 Å². The number of aliphatic carboxylic acids is 1. The summed E-state index contributed by atoms with van der Waals surface area (Å²) in [6, 6.07) is 4.07. The van der Waals surface area contributed by atoms with Gasteiger partial charge in [-0.3, -0.25) is 14.7 Å². The first-order chi connectivity index (χ1) is 9.65. The Morgan fingerprint density at radius 1 is 1.50 bits per heavy atom. The topological polar surface area (TPSA) is 62.7 Å². The largest absolute Gasteiger partial charge is 0.481 e. The van der Waals surface area contributed by atoms with Crippen LogP contribution in [0.3, 0.4) is 0 Å². The van der Waals surface area contributed by atoms with Gasteiger partial charge in [-0.05, 0) is 37.6 Å². The predicted octanol–water partition coefficient (Wildman–Crippen LogP) is 1.95. The second-order valence-corrected chi connectivity index (χ2v) is 5.24. The van der Waals surface area contributed by atoms with Gasteiger partial charge in [0.25, 0.3) is 0 Å². The molecule has 1 saturated heterocycles. The van der Waals surface area contributed by atoms with E-state index in [0.717, 1.165) is 18.5 Å². The molecule has 0 bridgehead atoms. The summed E-state index contributed by atoms with van der Waals surface area (Å²) in [4.78, 5) is 17.7. The average Bonchev–Trinajstić information content (AvgIpc) is 2.94. The summed E-state index contributed by atoms with van der Waals surface area (Å²) in [6.45, 7) is 5.89. The minimum absolute atomic E-state index is 0.0596. The predicted molar refractivity (Wildman–Crippen MR) is 75.4 cm³/mol. The Bertz CT molecular complexity index is 438. The molecule has 0 aliphatic carbocycles. The van der Waals surface area contributed by atoms with Crippen LogP contribution in [0.2, 0.25) is 0 Å². The van der Waals surface area contributed by atoms with Crippen LogP contribution < -0.4 is 0 Å². The number of carbonyl (C=O) groups is 1. The minimum atomic E-state index is -0.768. The molecule has 0 aromatic carbocycles. The zero-order valence-corrected chi connectivity index (χ0v) is 12.0. The molecular formula is C15H22N2O3. The summed E-state index contributed by atoms with van der Waals surface area (Å²) in [5, 5.41) is 9.34. The summed E-state index contributed by atoms with van der Waals surface area (Å²) in [5.41, 5.74) is 1.16. The van der Waals surface area contributed by atoms with Crippen LogP contribution in [0.4, 0.5) is 0 Å². The number of hydrogen-bond acceptors (Lipinski definition) is 4. The molecule has 1 aromatic rings. The number of ether oxygens (including phenoxy) is 1. The molecular weight excluding hydrogens is 256 g/mol. The Morgan fingerprint density at radius 3 is 2.80 bits per heavy atom. The van der Waals surface area contributed by atoms with Gasteiger partial charge in [-0.1, -0.05) is 6.92 Å². The van der Waals surface area contributed by atoms with Gasteiger partial charge < -0.3 is 9.84 Å². The minimum Gasteiger partial charge on any atom is -0.481 e. The van der Waals surface area contributed by atoms with Crippen molar-refractivity contribution in [3.63, 3.8) is 0 Å². The van der Waals surface area contributed by atoms with E-state index in [1.165, 1.54) is 0 Å². The van der Waals surface area contributed by atoms with E-state index in [4.69, 9.17) is 4.74 Å². The normalized spacial score (nSPS) is 23.9. The maximum Gasteiger partial charge on any atom is 0.310 e. The first-order valence-electron chi connectivity index (χ1n) is 7.11. The zero-order valence-electron chi connectivity index (χ0n) is 12.0. The molecule has 1 aliphatic heterocycles. The first-order valence-corrected chi connectivity index (χ1v) is 7.11. The molecule has 0 spiro atoms. The molecule has 1 N–H and O–H groups in total. The van der Waals surface area contributed by atoms with Crippen molar-refractivity contribution < 1.29 is 14.6 Å². The zero-order chi connectivity index (χ0) is 14.5. The number of rotatable bonds is 6. The van der Waals surface area contributed by atoms with Crippen molar-refractivity contribution in [2.24, 2.45) is 5.92 Å². The van der Waals surface area contributed by atoms with Crippen LogP contribution in [0.1, 0.15) is 31.9 Å². The lowest BCUT2D eigenvalue weighted by Gasteiger charge is -2.35. The fourth-order valence-electron chi connectivity index (χ4n) is 2.84. The molecule has 2 heterocycles. The monoisotopic (exact) mass is 278 g/mol. The van der Waals surface area contributed by atoms with Gasteiger partial charge in [-0.2, -0.15) is 0 Å². The second kappa shape index (κ2) is 6.81. The lowest BCUT2D eigenvalue weighted by atomic mass is 9.98. The van der Waals surface area contributed by atoms with Gasteiger partial charge in [0.15, 0.2) is 0 Å². The Hall–Kier alpha value is -1.46. The number of carboxylic acid groups (broad SMARTS) is 1. The number of hydrogen-bond donors (Lipinski definition) is 1. The van der Waals surface area contributed by atoms with E-state index < -0.39 is 11.9 Å². The standard InChI is InChI=1S/C15H22N2O3/c1-3-8-17(11(2)12-4-6-16-7-5-12)14-10-20-9-13(14)15(18)19/h4-7,11,13-14H,3,8-10H2,1-2H3,(H,18,19). The number of aromatic nitrogens is 1. The Labute approximate surface area is 119 Å². The summed E-state index contributed by atoms with van der Waals surface area (Å²) in [5.74, 6) is -1.21. The third-order valence-corrected chi connectivity index (χ3v) is 3.96. The molecule has 0 radical (unpaired) electrons. The Kier molecular flexibility index (Phi) is 5.09. The molecule has 1 aromatic heterocycles. The van der Waals surface area contributed by atoms with Gasteiger partial charge in [0.2, 0.25) is 0 Å². The van der Waals surface area contributed by atoms with E-state index in [0.29, 0.717) is 13.2 Å². The summed E-state index contributed by atoms with van der Waals surface area (Å²) in [7, 11) is 0. The molecule has 2 rings (SSSR count). The van der Waals surface area contributed by atoms with Crippen LogP contribution >= 0.6 is 0 Å². The van der Waals surface area contributed by atoms with Crippen LogP contribution in [0.15, 0.2) is 24.5 Å². The lowest BCUT2D eigenvalue weighted by Crippen LogP contribution is -2.44. The van der Waals surface area contributed by atoms with Crippen molar-refractivity contribution in [3.05, 3.63) is 30.1 Å². The van der Waals surface area contributed by atoms with Crippen molar-refractivity contribution in [1.29, 1.82) is 0 Å². The maximum atomic E-state index is 11.4. The highest BCUT2D eigenvalue weighted by Gasteiger charge is 2.39. The van der Waals surface area contributed by atoms with Crippen LogP contribution in [-0.2, 0) is 9.53 Å². The Morgan fingerprint density at radius 2 is 2.20 bits per heavy atom. The molecule has 3 unspecified atom stereocenters. The van der Waals surface area contributed by atoms with Crippen LogP contribution in [0.5, 0.6) is 0 Å². The molecule has 5 heteroatoms. The molecule has 0 saturated carbocycles. The summed E-state index contributed by atoms with van der Waals surface area (Å²) >= 11 is 0. The van der Waals surface area contributed by atoms with Gasteiger partial charge in [-0.25, -0.2) is 0 Å². The lowest BCUT2D eigenvalue weighted by molar-refractivity contribution is -0.143. The molecule has 1 fully saturated rings. The molecule has 20 heavy (non-hydrogen) atoms. The van der Waals surface area contributed by atoms with Gasteiger partial charge >= 0.3 is 5.97 Å². The van der Waals surface area contributed by atoms with Crippen molar-refractivity contribution in [3.8, 4) is 0 Å². The van der Waals surface area contributed by atoms with Crippen LogP contribution in [0, 0.1) is 5.92 Å². The molecule has 1 aliphatic rings. The maximum absolute atomic E-state index is 11.4. The highest BCUT2D eigenvalue weighted by Crippen LogP contribution is 2.29. The summed E-state index contributed by atoms with van der Waals surface area (Å²) in [6.07, 6.45) is 4.53. The molecule has 110 valence electrons. The molecule has 5 nitrogen and oxygen atoms in total. The van der Waals surface area contributed by atoms with E-state index in [2.05, 4.69) is 23.7 Å². The van der Waals surface area contributed by atoms with E-state index in [1.54, 1.807) is 12.4 Å². The molecule has 0 amide bonds. The smallest absolute Gasteiger partial charge is 0.310 e. The number of nitrogens with zero attached hydrogens (tertiary/aromatic N) is 2. The van der Waals surface area contributed by atoms with Crippen LogP contribution in [-0.4, -0.2) is 46.8 Å². The fraction of sp³-hybridized carbons (Fsp3) is 0.600. The van der Waals surface area contributed by atoms with Crippen molar-refractivity contribution in [2.45, 2.75) is 32.4 Å². The van der Waals surface area contributed by atoms with Crippen molar-refractivity contribution >= 4 is 5.97 Å². The summed E-state index contributed by atoms with van der Waals surface area (Å²) < 4.78 is 5.41. The Balaban J connectivity index is 2.20. The second-order valence-electron chi connectivity index (χ2n) is 5.24. The SMILES string of the molecule is CCCN(C(C)c1ccncc1)C1COCC1C(=O)O. The van der Waals surface area contributed by atoms with Gasteiger partial charge in [0.1, 0.15) is 0 Å². The third-order valence-electron chi connectivity index (χ3n) is 3.96. The van der Waals surface area contributed by atoms with Crippen molar-refractivity contribution in [2.75, 3.05) is 19.8 Å². The van der Waals surface area contributed by atoms with E-state index in [-0.39, 0.29) is 12.1 Å². The van der Waals surface area contributed by atoms with Crippen molar-refractivity contribution in [1.82, 2.24) is 9.88 Å². The van der Waals surface area contributed by atoms with Crippen LogP contribution in [0.25, 0.3) is 0 Å². The number of pyridine rings is 1. The molecule has 3 atom stereocenters. The van der Waals surface area contributed by atoms with Gasteiger partial charge in [0.05, 0.1) is 19.1 Å². The van der Waals surface area contributed by atoms with E-state index in [9.17, 15) is 9.90 Å². The van der Waals surface area contributed by atoms with Gasteiger partial charge in [0, 0.05) is 24.5 Å². The average molecular weight is 278 g/mol. The van der Waals surface area contributed by atoms with Gasteiger partial charge in [-0.15, -0.1) is 0 Å². The van der Waals surface area contributed by atoms with E-state index >= 15 is 0 Å². The highest BCUT2D eigenvalue weighted by atomic mass is 16.5.